The molecule has 1 N–H and O–H groups in total. The molecule has 5 rings (SSSR count). The summed E-state index contributed by atoms with van der Waals surface area (Å²) in [6.07, 6.45) is -2.12. The predicted octanol–water partition coefficient (Wildman–Crippen LogP) is 4.98. The van der Waals surface area contributed by atoms with Crippen LogP contribution in [0.5, 0.6) is 5.75 Å². The number of carboxylic acid groups (broad SMARTS) is 1. The summed E-state index contributed by atoms with van der Waals surface area (Å²) >= 11 is 0. The molecule has 1 aliphatic rings. The molecule has 1 aliphatic heterocycles. The van der Waals surface area contributed by atoms with Crippen molar-refractivity contribution in [1.29, 1.82) is 0 Å². The summed E-state index contributed by atoms with van der Waals surface area (Å²) in [4.78, 5) is 26.4. The number of piperidine rings is 1. The Morgan fingerprint density at radius 3 is 2.19 bits per heavy atom. The van der Waals surface area contributed by atoms with E-state index in [-0.39, 0.29) is 33.3 Å². The van der Waals surface area contributed by atoms with Gasteiger partial charge in [-0.15, -0.1) is 0 Å². The SMILES string of the molecule is COc1ccc(S(=O)(=O)n2cc(C(=O)N(C)C3CCN(C)CC3)c3cc(F)ccc32)c2ccccc12.O=C(O)C(F)(F)F. The maximum atomic E-state index is 14.3. The Morgan fingerprint density at radius 1 is 1.00 bits per heavy atom. The lowest BCUT2D eigenvalue weighted by atomic mass is 10.0. The van der Waals surface area contributed by atoms with E-state index in [1.807, 2.05) is 13.1 Å². The highest BCUT2D eigenvalue weighted by atomic mass is 32.2. The zero-order valence-electron chi connectivity index (χ0n) is 23.4. The molecule has 230 valence electrons. The van der Waals surface area contributed by atoms with E-state index in [0.717, 1.165) is 29.9 Å². The number of amides is 1. The number of carboxylic acids is 1. The highest BCUT2D eigenvalue weighted by molar-refractivity contribution is 7.90. The Kier molecular flexibility index (Phi) is 9.02. The molecular formula is C29H29F4N3O6S. The number of alkyl halides is 3. The molecule has 1 saturated heterocycles. The third-order valence-corrected chi connectivity index (χ3v) is 9.09. The van der Waals surface area contributed by atoms with Gasteiger partial charge < -0.3 is 19.6 Å². The fourth-order valence-corrected chi connectivity index (χ4v) is 6.60. The molecule has 14 heteroatoms. The molecule has 0 spiro atoms. The van der Waals surface area contributed by atoms with Crippen molar-refractivity contribution in [2.75, 3.05) is 34.3 Å². The summed E-state index contributed by atoms with van der Waals surface area (Å²) in [6, 6.07) is 14.1. The van der Waals surface area contributed by atoms with E-state index in [0.29, 0.717) is 16.5 Å². The number of hydrogen-bond acceptors (Lipinski definition) is 6. The minimum Gasteiger partial charge on any atom is -0.496 e. The summed E-state index contributed by atoms with van der Waals surface area (Å²) < 4.78 is 80.5. The number of halogens is 4. The average Bonchev–Trinajstić information content (AvgIpc) is 3.35. The number of aliphatic carboxylic acids is 1. The molecule has 0 radical (unpaired) electrons. The van der Waals surface area contributed by atoms with Crippen molar-refractivity contribution >= 4 is 43.6 Å². The molecule has 2 heterocycles. The van der Waals surface area contributed by atoms with E-state index in [1.165, 1.54) is 37.6 Å². The summed E-state index contributed by atoms with van der Waals surface area (Å²) in [7, 11) is 1.16. The number of benzene rings is 3. The maximum absolute atomic E-state index is 14.3. The fourth-order valence-electron chi connectivity index (χ4n) is 5.03. The second-order valence-corrected chi connectivity index (χ2v) is 11.9. The van der Waals surface area contributed by atoms with Crippen molar-refractivity contribution in [3.8, 4) is 5.75 Å². The van der Waals surface area contributed by atoms with Crippen LogP contribution in [-0.2, 0) is 14.8 Å². The topological polar surface area (TPSA) is 109 Å². The van der Waals surface area contributed by atoms with E-state index < -0.39 is 28.0 Å². The van der Waals surface area contributed by atoms with E-state index in [4.69, 9.17) is 14.6 Å². The van der Waals surface area contributed by atoms with E-state index >= 15 is 0 Å². The van der Waals surface area contributed by atoms with Crippen LogP contribution in [0.4, 0.5) is 17.6 Å². The van der Waals surface area contributed by atoms with Crippen LogP contribution in [-0.4, -0.2) is 85.7 Å². The molecule has 1 fully saturated rings. The van der Waals surface area contributed by atoms with Crippen LogP contribution < -0.4 is 4.74 Å². The summed E-state index contributed by atoms with van der Waals surface area (Å²) in [5.74, 6) is -3.07. The molecule has 0 saturated carbocycles. The fraction of sp³-hybridized carbons (Fsp3) is 0.310. The molecule has 1 aromatic heterocycles. The molecule has 3 aromatic carbocycles. The van der Waals surface area contributed by atoms with Gasteiger partial charge in [-0.05, 0) is 63.3 Å². The Bertz CT molecular complexity index is 1780. The number of carbonyl (C=O) groups excluding carboxylic acids is 1. The van der Waals surface area contributed by atoms with Gasteiger partial charge in [-0.1, -0.05) is 24.3 Å². The van der Waals surface area contributed by atoms with Crippen molar-refractivity contribution in [1.82, 2.24) is 13.8 Å². The third-order valence-electron chi connectivity index (χ3n) is 7.36. The van der Waals surface area contributed by atoms with Gasteiger partial charge in [-0.3, -0.25) is 4.79 Å². The number of fused-ring (bicyclic) bond motifs is 2. The van der Waals surface area contributed by atoms with Crippen LogP contribution in [0, 0.1) is 5.82 Å². The monoisotopic (exact) mass is 623 g/mol. The lowest BCUT2D eigenvalue weighted by Gasteiger charge is -2.35. The average molecular weight is 624 g/mol. The zero-order chi connectivity index (χ0) is 31.7. The largest absolute Gasteiger partial charge is 0.496 e. The zero-order valence-corrected chi connectivity index (χ0v) is 24.2. The number of carbonyl (C=O) groups is 2. The predicted molar refractivity (Wildman–Crippen MR) is 151 cm³/mol. The number of rotatable bonds is 5. The normalized spacial score (nSPS) is 14.8. The molecule has 43 heavy (non-hydrogen) atoms. The first-order chi connectivity index (χ1) is 20.2. The van der Waals surface area contributed by atoms with Gasteiger partial charge in [0.15, 0.2) is 0 Å². The molecule has 0 bridgehead atoms. The highest BCUT2D eigenvalue weighted by Crippen LogP contribution is 2.34. The van der Waals surface area contributed by atoms with Gasteiger partial charge >= 0.3 is 12.1 Å². The van der Waals surface area contributed by atoms with Gasteiger partial charge in [0.25, 0.3) is 15.9 Å². The quantitative estimate of drug-likeness (QED) is 0.313. The smallest absolute Gasteiger partial charge is 0.490 e. The first-order valence-corrected chi connectivity index (χ1v) is 14.5. The minimum atomic E-state index is -5.08. The summed E-state index contributed by atoms with van der Waals surface area (Å²) in [5.41, 5.74) is 0.406. The summed E-state index contributed by atoms with van der Waals surface area (Å²) in [5, 5.41) is 8.54. The van der Waals surface area contributed by atoms with Gasteiger partial charge in [0, 0.05) is 35.4 Å². The standard InChI is InChI=1S/C27H28FN3O4S.C2HF3O2/c1-29-14-12-19(13-15-29)30(2)27(32)23-17-31(24-9-8-18(28)16-22(23)24)36(33,34)26-11-10-25(35-3)20-6-4-5-7-21(20)26;3-2(4,5)1(6)7/h4-11,16-17,19H,12-15H2,1-3H3;(H,6,7). The number of hydrogen-bond donors (Lipinski definition) is 1. The number of aromatic nitrogens is 1. The van der Waals surface area contributed by atoms with Gasteiger partial charge in [-0.2, -0.15) is 13.2 Å². The highest BCUT2D eigenvalue weighted by Gasteiger charge is 2.38. The van der Waals surface area contributed by atoms with Gasteiger partial charge in [0.2, 0.25) is 0 Å². The molecule has 4 aromatic rings. The molecule has 0 unspecified atom stereocenters. The first kappa shape index (κ1) is 31.8. The van der Waals surface area contributed by atoms with Crippen LogP contribution >= 0.6 is 0 Å². The van der Waals surface area contributed by atoms with E-state index in [2.05, 4.69) is 4.90 Å². The molecular weight excluding hydrogens is 594 g/mol. The number of likely N-dealkylation sites (tertiary alicyclic amines) is 1. The number of ether oxygens (including phenoxy) is 1. The van der Waals surface area contributed by atoms with Crippen molar-refractivity contribution in [3.05, 3.63) is 72.2 Å². The van der Waals surface area contributed by atoms with Crippen molar-refractivity contribution in [3.63, 3.8) is 0 Å². The first-order valence-electron chi connectivity index (χ1n) is 13.0. The Hall–Kier alpha value is -4.17. The molecule has 0 atom stereocenters. The van der Waals surface area contributed by atoms with Gasteiger partial charge in [0.1, 0.15) is 11.6 Å². The van der Waals surface area contributed by atoms with Gasteiger partial charge in [-0.25, -0.2) is 21.6 Å². The van der Waals surface area contributed by atoms with Crippen LogP contribution in [0.15, 0.2) is 65.7 Å². The Balaban J connectivity index is 0.000000541. The minimum absolute atomic E-state index is 0.0304. The van der Waals surface area contributed by atoms with Gasteiger partial charge in [0.05, 0.1) is 23.1 Å². The lowest BCUT2D eigenvalue weighted by Crippen LogP contribution is -2.44. The van der Waals surface area contributed by atoms with E-state index in [9.17, 15) is 30.8 Å². The number of nitrogens with zero attached hydrogens (tertiary/aromatic N) is 3. The van der Waals surface area contributed by atoms with Crippen molar-refractivity contribution in [2.45, 2.75) is 30.0 Å². The van der Waals surface area contributed by atoms with Crippen LogP contribution in [0.3, 0.4) is 0 Å². The van der Waals surface area contributed by atoms with Crippen molar-refractivity contribution < 1.29 is 45.4 Å². The Labute approximate surface area is 244 Å². The lowest BCUT2D eigenvalue weighted by molar-refractivity contribution is -0.192. The second kappa shape index (κ2) is 12.2. The molecule has 9 nitrogen and oxygen atoms in total. The van der Waals surface area contributed by atoms with E-state index in [1.54, 1.807) is 36.2 Å². The van der Waals surface area contributed by atoms with Crippen LogP contribution in [0.2, 0.25) is 0 Å². The van der Waals surface area contributed by atoms with Crippen molar-refractivity contribution in [2.24, 2.45) is 0 Å². The summed E-state index contributed by atoms with van der Waals surface area (Å²) in [6.45, 7) is 1.75. The van der Waals surface area contributed by atoms with Crippen LogP contribution in [0.25, 0.3) is 21.7 Å². The molecule has 1 amide bonds. The molecule has 0 aliphatic carbocycles. The van der Waals surface area contributed by atoms with Crippen LogP contribution in [0.1, 0.15) is 23.2 Å². The number of methoxy groups -OCH3 is 1. The third kappa shape index (κ3) is 6.44. The Morgan fingerprint density at radius 2 is 1.60 bits per heavy atom. The second-order valence-electron chi connectivity index (χ2n) is 10.1. The maximum Gasteiger partial charge on any atom is 0.490 e.